The van der Waals surface area contributed by atoms with Crippen molar-refractivity contribution in [3.63, 3.8) is 0 Å². The van der Waals surface area contributed by atoms with E-state index in [-0.39, 0.29) is 0 Å². The van der Waals surface area contributed by atoms with Gasteiger partial charge in [-0.2, -0.15) is 0 Å². The molecule has 2 unspecified atom stereocenters. The number of hydrogen-bond acceptors (Lipinski definition) is 2. The molecule has 0 aromatic rings. The predicted molar refractivity (Wildman–Crippen MR) is 69.9 cm³/mol. The fourth-order valence-electron chi connectivity index (χ4n) is 3.07. The molecule has 0 spiro atoms. The van der Waals surface area contributed by atoms with Crippen LogP contribution in [0.2, 0.25) is 0 Å². The molecule has 0 aromatic heterocycles. The van der Waals surface area contributed by atoms with E-state index in [1.54, 1.807) is 0 Å². The van der Waals surface area contributed by atoms with Crippen molar-refractivity contribution in [3.8, 4) is 0 Å². The Balaban J connectivity index is 1.84. The Kier molecular flexibility index (Phi) is 4.84. The largest absolute Gasteiger partial charge is 0.340 e. The minimum absolute atomic E-state index is 0.374. The molecule has 0 aromatic carbocycles. The summed E-state index contributed by atoms with van der Waals surface area (Å²) in [5.41, 5.74) is 0. The molecule has 0 saturated carbocycles. The molecular weight excluding hydrogens is 212 g/mol. The summed E-state index contributed by atoms with van der Waals surface area (Å²) in [6.07, 6.45) is 9.38. The van der Waals surface area contributed by atoms with Gasteiger partial charge in [0.2, 0.25) is 5.91 Å². The van der Waals surface area contributed by atoms with Crippen LogP contribution in [0.25, 0.3) is 0 Å². The molecular formula is C14H26N2O. The molecule has 2 rings (SSSR count). The Morgan fingerprint density at radius 2 is 2.00 bits per heavy atom. The number of amides is 1. The zero-order valence-electron chi connectivity index (χ0n) is 11.1. The number of rotatable bonds is 2. The zero-order chi connectivity index (χ0) is 12.1. The summed E-state index contributed by atoms with van der Waals surface area (Å²) in [4.78, 5) is 14.4. The number of carbonyl (C=O) groups is 1. The summed E-state index contributed by atoms with van der Waals surface area (Å²) >= 11 is 0. The average Bonchev–Trinajstić information content (AvgIpc) is 2.55. The predicted octanol–water partition coefficient (Wildman–Crippen LogP) is 2.31. The van der Waals surface area contributed by atoms with Crippen LogP contribution >= 0.6 is 0 Å². The monoisotopic (exact) mass is 238 g/mol. The highest BCUT2D eigenvalue weighted by molar-refractivity contribution is 5.77. The molecule has 3 heteroatoms. The third kappa shape index (κ3) is 3.70. The maximum absolute atomic E-state index is 12.3. The van der Waals surface area contributed by atoms with E-state index < -0.39 is 0 Å². The van der Waals surface area contributed by atoms with Crippen molar-refractivity contribution in [2.45, 2.75) is 70.4 Å². The minimum atomic E-state index is 0.374. The van der Waals surface area contributed by atoms with Gasteiger partial charge in [-0.05, 0) is 39.2 Å². The first kappa shape index (κ1) is 12.9. The highest BCUT2D eigenvalue weighted by Crippen LogP contribution is 2.19. The number of nitrogens with zero attached hydrogens (tertiary/aromatic N) is 1. The lowest BCUT2D eigenvalue weighted by molar-refractivity contribution is -0.133. The van der Waals surface area contributed by atoms with Crippen LogP contribution in [0.15, 0.2) is 0 Å². The molecule has 1 N–H and O–H groups in total. The number of carbonyl (C=O) groups excluding carboxylic acids is 1. The molecule has 3 nitrogen and oxygen atoms in total. The van der Waals surface area contributed by atoms with Crippen molar-refractivity contribution in [2.24, 2.45) is 0 Å². The molecule has 17 heavy (non-hydrogen) atoms. The van der Waals surface area contributed by atoms with Crippen LogP contribution in [-0.2, 0) is 4.79 Å². The molecule has 98 valence electrons. The summed E-state index contributed by atoms with van der Waals surface area (Å²) in [5.74, 6) is 0.374. The number of hydrogen-bond donors (Lipinski definition) is 1. The highest BCUT2D eigenvalue weighted by Gasteiger charge is 2.24. The third-order valence-corrected chi connectivity index (χ3v) is 4.21. The van der Waals surface area contributed by atoms with E-state index in [1.807, 2.05) is 0 Å². The smallest absolute Gasteiger partial charge is 0.224 e. The second-order valence-corrected chi connectivity index (χ2v) is 5.64. The van der Waals surface area contributed by atoms with Crippen molar-refractivity contribution in [3.05, 3.63) is 0 Å². The number of likely N-dealkylation sites (tertiary alicyclic amines) is 1. The molecule has 2 atom stereocenters. The lowest BCUT2D eigenvalue weighted by atomic mass is 10.0. The van der Waals surface area contributed by atoms with E-state index in [1.165, 1.54) is 44.9 Å². The van der Waals surface area contributed by atoms with Gasteiger partial charge in [0.15, 0.2) is 0 Å². The Hall–Kier alpha value is -0.570. The highest BCUT2D eigenvalue weighted by atomic mass is 16.2. The maximum atomic E-state index is 12.3. The second kappa shape index (κ2) is 6.39. The van der Waals surface area contributed by atoms with E-state index >= 15 is 0 Å². The van der Waals surface area contributed by atoms with Crippen LogP contribution in [0, 0.1) is 0 Å². The quantitative estimate of drug-likeness (QED) is 0.800. The molecule has 1 amide bonds. The zero-order valence-corrected chi connectivity index (χ0v) is 11.1. The van der Waals surface area contributed by atoms with Crippen LogP contribution in [0.4, 0.5) is 0 Å². The van der Waals surface area contributed by atoms with Crippen molar-refractivity contribution in [2.75, 3.05) is 13.1 Å². The molecule has 0 bridgehead atoms. The Morgan fingerprint density at radius 1 is 1.18 bits per heavy atom. The first-order valence-corrected chi connectivity index (χ1v) is 7.30. The first-order valence-electron chi connectivity index (χ1n) is 7.30. The summed E-state index contributed by atoms with van der Waals surface area (Å²) in [6, 6.07) is 0.889. The van der Waals surface area contributed by atoms with E-state index in [0.29, 0.717) is 24.4 Å². The summed E-state index contributed by atoms with van der Waals surface area (Å²) in [7, 11) is 0. The van der Waals surface area contributed by atoms with E-state index in [9.17, 15) is 4.79 Å². The van der Waals surface area contributed by atoms with Gasteiger partial charge < -0.3 is 10.2 Å². The lowest BCUT2D eigenvalue weighted by Gasteiger charge is -2.30. The van der Waals surface area contributed by atoms with Crippen LogP contribution < -0.4 is 5.32 Å². The van der Waals surface area contributed by atoms with Gasteiger partial charge in [-0.1, -0.05) is 19.3 Å². The van der Waals surface area contributed by atoms with Gasteiger partial charge in [-0.3, -0.25) is 4.79 Å². The Morgan fingerprint density at radius 3 is 2.76 bits per heavy atom. The fraction of sp³-hybridized carbons (Fsp3) is 0.929. The van der Waals surface area contributed by atoms with Crippen LogP contribution in [0.1, 0.15) is 58.3 Å². The van der Waals surface area contributed by atoms with Gasteiger partial charge in [0.05, 0.1) is 0 Å². The molecule has 2 saturated heterocycles. The summed E-state index contributed by atoms with van der Waals surface area (Å²) < 4.78 is 0. The molecule has 2 aliphatic rings. The summed E-state index contributed by atoms with van der Waals surface area (Å²) in [6.45, 7) is 4.28. The molecule has 0 aliphatic carbocycles. The number of nitrogens with one attached hydrogen (secondary N) is 1. The van der Waals surface area contributed by atoms with Gasteiger partial charge in [0.25, 0.3) is 0 Å². The van der Waals surface area contributed by atoms with Gasteiger partial charge in [-0.25, -0.2) is 0 Å². The minimum Gasteiger partial charge on any atom is -0.340 e. The Labute approximate surface area is 105 Å². The van der Waals surface area contributed by atoms with Crippen molar-refractivity contribution in [1.82, 2.24) is 10.2 Å². The molecule has 2 heterocycles. The van der Waals surface area contributed by atoms with Crippen molar-refractivity contribution >= 4 is 5.91 Å². The molecule has 0 radical (unpaired) electrons. The van der Waals surface area contributed by atoms with Crippen LogP contribution in [0.5, 0.6) is 0 Å². The van der Waals surface area contributed by atoms with E-state index in [0.717, 1.165) is 13.1 Å². The van der Waals surface area contributed by atoms with E-state index in [2.05, 4.69) is 17.1 Å². The molecule has 2 fully saturated rings. The first-order chi connectivity index (χ1) is 8.27. The van der Waals surface area contributed by atoms with Gasteiger partial charge >= 0.3 is 0 Å². The topological polar surface area (TPSA) is 32.3 Å². The van der Waals surface area contributed by atoms with Gasteiger partial charge in [0, 0.05) is 25.0 Å². The fourth-order valence-corrected chi connectivity index (χ4v) is 3.07. The van der Waals surface area contributed by atoms with Crippen molar-refractivity contribution < 1.29 is 4.79 Å². The normalized spacial score (nSPS) is 31.0. The third-order valence-electron chi connectivity index (χ3n) is 4.21. The maximum Gasteiger partial charge on any atom is 0.224 e. The standard InChI is InChI=1S/C14H26N2O/c1-12-7-3-2-6-10-16(12)14(17)11-13-8-4-5-9-15-13/h12-13,15H,2-11H2,1H3. The Bertz CT molecular complexity index is 249. The number of piperidine rings is 1. The van der Waals surface area contributed by atoms with Gasteiger partial charge in [-0.15, -0.1) is 0 Å². The van der Waals surface area contributed by atoms with E-state index in [4.69, 9.17) is 0 Å². The SMILES string of the molecule is CC1CCCCCN1C(=O)CC1CCCCN1. The summed E-state index contributed by atoms with van der Waals surface area (Å²) in [5, 5.41) is 3.47. The van der Waals surface area contributed by atoms with Crippen molar-refractivity contribution in [1.29, 1.82) is 0 Å². The second-order valence-electron chi connectivity index (χ2n) is 5.64. The van der Waals surface area contributed by atoms with Gasteiger partial charge in [0.1, 0.15) is 0 Å². The average molecular weight is 238 g/mol. The van der Waals surface area contributed by atoms with Crippen LogP contribution in [0.3, 0.4) is 0 Å². The lowest BCUT2D eigenvalue weighted by Crippen LogP contribution is -2.43. The molecule has 2 aliphatic heterocycles. The van der Waals surface area contributed by atoms with Crippen LogP contribution in [-0.4, -0.2) is 36.0 Å².